The molecule has 3 rings (SSSR count). The van der Waals surface area contributed by atoms with Crippen LogP contribution in [0.15, 0.2) is 53.0 Å². The van der Waals surface area contributed by atoms with Gasteiger partial charge in [-0.1, -0.05) is 52.3 Å². The molecule has 1 atom stereocenters. The van der Waals surface area contributed by atoms with Gasteiger partial charge in [-0.25, -0.2) is 0 Å². The zero-order valence-corrected chi connectivity index (χ0v) is 14.3. The fourth-order valence-electron chi connectivity index (χ4n) is 2.98. The van der Waals surface area contributed by atoms with E-state index in [1.807, 2.05) is 36.4 Å². The molecular weight excluding hydrogens is 350 g/mol. The number of hydrogen-bond acceptors (Lipinski definition) is 2. The normalized spacial score (nSPS) is 22.0. The van der Waals surface area contributed by atoms with E-state index in [9.17, 15) is 5.11 Å². The van der Waals surface area contributed by atoms with E-state index >= 15 is 0 Å². The van der Waals surface area contributed by atoms with Gasteiger partial charge in [-0.3, -0.25) is 0 Å². The second-order valence-corrected chi connectivity index (χ2v) is 6.43. The van der Waals surface area contributed by atoms with Gasteiger partial charge >= 0.3 is 0 Å². The minimum Gasteiger partial charge on any atom is -0.379 e. The van der Waals surface area contributed by atoms with Gasteiger partial charge in [-0.15, -0.1) is 12.4 Å². The van der Waals surface area contributed by atoms with E-state index in [-0.39, 0.29) is 12.4 Å². The molecule has 0 saturated heterocycles. The van der Waals surface area contributed by atoms with Crippen molar-refractivity contribution >= 4 is 28.3 Å². The summed E-state index contributed by atoms with van der Waals surface area (Å²) < 4.78 is 1.03. The van der Waals surface area contributed by atoms with Crippen LogP contribution in [0.4, 0.5) is 0 Å². The van der Waals surface area contributed by atoms with E-state index in [0.717, 1.165) is 28.6 Å². The fraction of sp³-hybridized carbons (Fsp3) is 0.294. The first-order chi connectivity index (χ1) is 9.59. The molecule has 1 N–H and O–H groups in total. The van der Waals surface area contributed by atoms with Crippen LogP contribution in [0.25, 0.3) is 0 Å². The maximum absolute atomic E-state index is 11.4. The Morgan fingerprint density at radius 1 is 1.10 bits per heavy atom. The monoisotopic (exact) mass is 367 g/mol. The lowest BCUT2D eigenvalue weighted by atomic mass is 9.83. The van der Waals surface area contributed by atoms with Crippen LogP contribution in [0.5, 0.6) is 0 Å². The lowest BCUT2D eigenvalue weighted by Gasteiger charge is -2.32. The maximum Gasteiger partial charge on any atom is 0.127 e. The van der Waals surface area contributed by atoms with Gasteiger partial charge in [0, 0.05) is 17.6 Å². The largest absolute Gasteiger partial charge is 0.379 e. The predicted octanol–water partition coefficient (Wildman–Crippen LogP) is 3.59. The van der Waals surface area contributed by atoms with Crippen LogP contribution in [0.2, 0.25) is 0 Å². The first kappa shape index (κ1) is 16.5. The summed E-state index contributed by atoms with van der Waals surface area (Å²) in [5.41, 5.74) is 2.28. The van der Waals surface area contributed by atoms with E-state index in [1.165, 1.54) is 5.56 Å². The summed E-state index contributed by atoms with van der Waals surface area (Å²) in [6.07, 6.45) is 0.978. The van der Waals surface area contributed by atoms with E-state index in [1.54, 1.807) is 0 Å². The SMILES string of the molecule is CN1CCc2ccccc2C(O)(c2ccc(Br)cc2)C1.Cl. The van der Waals surface area contributed by atoms with Gasteiger partial charge in [-0.2, -0.15) is 0 Å². The topological polar surface area (TPSA) is 23.5 Å². The van der Waals surface area contributed by atoms with E-state index in [2.05, 4.69) is 40.0 Å². The molecule has 1 heterocycles. The first-order valence-corrected chi connectivity index (χ1v) is 7.64. The smallest absolute Gasteiger partial charge is 0.127 e. The Kier molecular flexibility index (Phi) is 5.10. The number of likely N-dealkylation sites (N-methyl/N-ethyl adjacent to an activating group) is 1. The summed E-state index contributed by atoms with van der Waals surface area (Å²) in [5.74, 6) is 0. The van der Waals surface area contributed by atoms with Gasteiger partial charge in [0.25, 0.3) is 0 Å². The zero-order chi connectivity index (χ0) is 14.2. The second kappa shape index (κ2) is 6.49. The number of halogens is 2. The summed E-state index contributed by atoms with van der Waals surface area (Å²) in [6, 6.07) is 16.2. The molecule has 112 valence electrons. The first-order valence-electron chi connectivity index (χ1n) is 6.85. The highest BCUT2D eigenvalue weighted by Crippen LogP contribution is 2.35. The summed E-state index contributed by atoms with van der Waals surface area (Å²) >= 11 is 3.45. The summed E-state index contributed by atoms with van der Waals surface area (Å²) in [6.45, 7) is 1.58. The van der Waals surface area contributed by atoms with Gasteiger partial charge in [0.2, 0.25) is 0 Å². The Morgan fingerprint density at radius 3 is 2.48 bits per heavy atom. The quantitative estimate of drug-likeness (QED) is 0.831. The van der Waals surface area contributed by atoms with Crippen LogP contribution in [0.3, 0.4) is 0 Å². The minimum atomic E-state index is -0.942. The Hall–Kier alpha value is -0.870. The molecule has 0 fully saturated rings. The molecule has 0 aromatic heterocycles. The standard InChI is InChI=1S/C17H18BrNO.ClH/c1-19-11-10-13-4-2-3-5-16(13)17(20,12-19)14-6-8-15(18)9-7-14;/h2-9,20H,10-12H2,1H3;1H. The molecule has 21 heavy (non-hydrogen) atoms. The Balaban J connectivity index is 0.00000161. The molecule has 0 radical (unpaired) electrons. The molecule has 0 saturated carbocycles. The van der Waals surface area contributed by atoms with Crippen molar-refractivity contribution in [1.29, 1.82) is 0 Å². The molecule has 0 amide bonds. The van der Waals surface area contributed by atoms with Crippen molar-refractivity contribution in [2.45, 2.75) is 12.0 Å². The lowest BCUT2D eigenvalue weighted by Crippen LogP contribution is -2.39. The van der Waals surface area contributed by atoms with E-state index in [4.69, 9.17) is 0 Å². The molecule has 0 spiro atoms. The van der Waals surface area contributed by atoms with Gasteiger partial charge in [0.15, 0.2) is 0 Å². The number of fused-ring (bicyclic) bond motifs is 1. The Labute approximate surface area is 140 Å². The van der Waals surface area contributed by atoms with E-state index < -0.39 is 5.60 Å². The third kappa shape index (κ3) is 3.16. The molecule has 4 heteroatoms. The van der Waals surface area contributed by atoms with Gasteiger partial charge in [0.1, 0.15) is 5.60 Å². The average Bonchev–Trinajstić information content (AvgIpc) is 2.58. The van der Waals surface area contributed by atoms with Crippen molar-refractivity contribution < 1.29 is 5.11 Å². The summed E-state index contributed by atoms with van der Waals surface area (Å²) in [7, 11) is 2.07. The highest BCUT2D eigenvalue weighted by molar-refractivity contribution is 9.10. The molecule has 1 unspecified atom stereocenters. The van der Waals surface area contributed by atoms with E-state index in [0.29, 0.717) is 6.54 Å². The number of hydrogen-bond donors (Lipinski definition) is 1. The van der Waals surface area contributed by atoms with Crippen molar-refractivity contribution in [1.82, 2.24) is 4.90 Å². The molecule has 0 bridgehead atoms. The van der Waals surface area contributed by atoms with Crippen LogP contribution < -0.4 is 0 Å². The predicted molar refractivity (Wildman–Crippen MR) is 92.0 cm³/mol. The molecule has 2 aromatic carbocycles. The number of benzene rings is 2. The molecular formula is C17H19BrClNO. The van der Waals surface area contributed by atoms with Crippen molar-refractivity contribution in [2.24, 2.45) is 0 Å². The van der Waals surface area contributed by atoms with Crippen molar-refractivity contribution in [2.75, 3.05) is 20.1 Å². The highest BCUT2D eigenvalue weighted by atomic mass is 79.9. The van der Waals surface area contributed by atoms with Gasteiger partial charge in [0.05, 0.1) is 0 Å². The Bertz CT molecular complexity index is 616. The third-order valence-corrected chi connectivity index (χ3v) is 4.57. The third-order valence-electron chi connectivity index (χ3n) is 4.05. The fourth-order valence-corrected chi connectivity index (χ4v) is 3.24. The highest BCUT2D eigenvalue weighted by Gasteiger charge is 2.36. The van der Waals surface area contributed by atoms with Crippen LogP contribution >= 0.6 is 28.3 Å². The lowest BCUT2D eigenvalue weighted by molar-refractivity contribution is 0.0492. The summed E-state index contributed by atoms with van der Waals surface area (Å²) in [4.78, 5) is 2.20. The number of nitrogens with zero attached hydrogens (tertiary/aromatic N) is 1. The maximum atomic E-state index is 11.4. The number of β-amino-alcohol motifs (C(OH)–C–C–N with tert-alkyl or cyclic N) is 1. The van der Waals surface area contributed by atoms with Crippen molar-refractivity contribution in [3.05, 3.63) is 69.7 Å². The second-order valence-electron chi connectivity index (χ2n) is 5.51. The molecule has 0 aliphatic carbocycles. The van der Waals surface area contributed by atoms with Gasteiger partial charge < -0.3 is 10.0 Å². The zero-order valence-electron chi connectivity index (χ0n) is 11.9. The van der Waals surface area contributed by atoms with Crippen LogP contribution in [0, 0.1) is 0 Å². The number of aliphatic hydroxyl groups is 1. The number of rotatable bonds is 1. The molecule has 2 nitrogen and oxygen atoms in total. The molecule has 2 aromatic rings. The minimum absolute atomic E-state index is 0. The molecule has 1 aliphatic heterocycles. The van der Waals surface area contributed by atoms with Crippen molar-refractivity contribution in [3.8, 4) is 0 Å². The van der Waals surface area contributed by atoms with Crippen molar-refractivity contribution in [3.63, 3.8) is 0 Å². The molecule has 1 aliphatic rings. The Morgan fingerprint density at radius 2 is 1.76 bits per heavy atom. The van der Waals surface area contributed by atoms with Crippen LogP contribution in [-0.2, 0) is 12.0 Å². The van der Waals surface area contributed by atoms with Crippen LogP contribution in [0.1, 0.15) is 16.7 Å². The van der Waals surface area contributed by atoms with Gasteiger partial charge in [-0.05, 0) is 42.3 Å². The average molecular weight is 369 g/mol. The van der Waals surface area contributed by atoms with Crippen LogP contribution in [-0.4, -0.2) is 30.1 Å². The summed E-state index contributed by atoms with van der Waals surface area (Å²) in [5, 5.41) is 11.4.